The molecule has 0 aliphatic rings. The number of amidine groups is 1. The fourth-order valence-electron chi connectivity index (χ4n) is 7.66. The fourth-order valence-corrected chi connectivity index (χ4v) is 7.66. The molecule has 0 unspecified atom stereocenters. The van der Waals surface area contributed by atoms with Crippen LogP contribution < -0.4 is 114 Å². The van der Waals surface area contributed by atoms with Crippen LogP contribution in [0.2, 0.25) is 0 Å². The van der Waals surface area contributed by atoms with E-state index in [1.54, 1.807) is 63.2 Å². The fraction of sp³-hybridized carbons (Fsp3) is 0.235. The van der Waals surface area contributed by atoms with Crippen LogP contribution in [0.15, 0.2) is 138 Å². The van der Waals surface area contributed by atoms with Gasteiger partial charge in [0.05, 0.1) is 64.9 Å². The molecule has 4 heterocycles. The average molecular weight is 1450 g/mol. The summed E-state index contributed by atoms with van der Waals surface area (Å²) in [5.74, 6) is 0.266. The molecule has 28 heteroatoms. The standard InChI is InChI=1S/C20H16N2O4.C11H12N2O2.C11H9NO.C9H8O4.C9H10O2.C2H2BrN.C2H6O.2CH3F.CH2O3.CH4.2K.H/c1-11-4-5-12(2)17-15(11)10-16(25-17)18-21-19(26-22-18)13-6-8-14(9-7-13)20(23)24-3;1-6-3-4-7(2)10-8(6)5-9(15-10)11(12)13-14;1-7-3-4-8(2)11-10(7)5-9(6-12)13-11;1-13-9(12)7-4-2-6(3-5-7)8(10)11;1-6-3-4-7(2)9(11)8(6)5-10;3-1-2-4;1-2-3;2*1-2;2-1-4-3;;;;/h4-10H,1-3H3;3-5,14H,1-2H3,(H2,12,13);3-5H,1-2H3;2-5H,1H3,(H,10,11);3-5,11H,1-2H3;1H2;3H,2H2,1H3;2*1H3;1,3H;1H4;;;/q;;;;;;;;;;;2*+1;-1/p-1/i;;;;;;;2*1D;;;;;. The Hall–Kier alpha value is -7.79. The van der Waals surface area contributed by atoms with Gasteiger partial charge in [-0.25, -0.2) is 14.4 Å². The van der Waals surface area contributed by atoms with Gasteiger partial charge in [-0.15, -0.1) is 0 Å². The Kier molecular flexibility index (Phi) is 45.7. The number of aromatic nitrogens is 2. The number of fused-ring (bicyclic) bond motifs is 3. The van der Waals surface area contributed by atoms with Crippen LogP contribution in [0.4, 0.5) is 8.78 Å². The van der Waals surface area contributed by atoms with Gasteiger partial charge >= 0.3 is 121 Å². The molecule has 0 aliphatic carbocycles. The number of carboxylic acid groups (broad SMARTS) is 1. The number of carbonyl (C=O) groups is 5. The number of nitriles is 2. The van der Waals surface area contributed by atoms with Gasteiger partial charge in [0.2, 0.25) is 17.4 Å². The van der Waals surface area contributed by atoms with Crippen LogP contribution in [-0.4, -0.2) is 108 Å². The number of furan rings is 3. The average Bonchev–Trinajstić information content (AvgIpc) is 1.55. The number of hydrogen-bond donors (Lipinski definition) is 5. The number of hydrogen-bond acceptors (Lipinski definition) is 21. The molecule has 23 nitrogen and oxygen atoms in total. The summed E-state index contributed by atoms with van der Waals surface area (Å²) in [6.45, 7) is 17.3. The van der Waals surface area contributed by atoms with Crippen molar-refractivity contribution >= 4 is 85.3 Å². The maximum Gasteiger partial charge on any atom is 1.00 e. The summed E-state index contributed by atoms with van der Waals surface area (Å²) >= 11 is 2.89. The second-order valence-corrected chi connectivity index (χ2v) is 19.1. The van der Waals surface area contributed by atoms with Gasteiger partial charge in [0.1, 0.15) is 28.6 Å². The summed E-state index contributed by atoms with van der Waals surface area (Å²) in [5.41, 5.74) is 18.0. The van der Waals surface area contributed by atoms with Crippen LogP contribution in [0, 0.1) is 78.1 Å². The summed E-state index contributed by atoms with van der Waals surface area (Å²) in [4.78, 5) is 59.0. The molecule has 0 saturated heterocycles. The number of phenols is 1. The minimum absolute atomic E-state index is 0. The molecule has 6 N–H and O–H groups in total. The van der Waals surface area contributed by atoms with E-state index in [1.165, 1.54) is 38.5 Å². The number of aromatic hydroxyl groups is 1. The van der Waals surface area contributed by atoms with E-state index in [1.807, 2.05) is 96.1 Å². The van der Waals surface area contributed by atoms with E-state index < -0.39 is 32.2 Å². The number of benzene rings is 6. The normalized spacial score (nSPS) is 9.67. The van der Waals surface area contributed by atoms with Crippen molar-refractivity contribution in [3.63, 3.8) is 0 Å². The van der Waals surface area contributed by atoms with Crippen molar-refractivity contribution in [2.24, 2.45) is 10.9 Å². The molecule has 96 heavy (non-hydrogen) atoms. The molecule has 0 aliphatic heterocycles. The number of rotatable bonds is 8. The van der Waals surface area contributed by atoms with E-state index in [2.05, 4.69) is 51.7 Å². The number of nitrogens with two attached hydrogens (primary N) is 1. The van der Waals surface area contributed by atoms with Crippen LogP contribution in [0.5, 0.6) is 5.75 Å². The van der Waals surface area contributed by atoms with E-state index in [4.69, 9.17) is 62.2 Å². The number of aliphatic hydroxyl groups excluding tert-OH is 1. The third kappa shape index (κ3) is 28.1. The number of aldehydes is 1. The number of oxime groups is 1. The summed E-state index contributed by atoms with van der Waals surface area (Å²) in [5, 5.41) is 69.2. The van der Waals surface area contributed by atoms with Gasteiger partial charge in [0.25, 0.3) is 12.4 Å². The van der Waals surface area contributed by atoms with E-state index in [0.29, 0.717) is 62.9 Å². The number of aryl methyl sites for hydroxylation is 8. The van der Waals surface area contributed by atoms with Gasteiger partial charge in [-0.1, -0.05) is 82.2 Å². The number of methoxy groups -OCH3 is 2. The number of phenolic OH excluding ortho intramolecular Hbond substituents is 1. The molecule has 502 valence electrons. The van der Waals surface area contributed by atoms with Gasteiger partial charge in [0, 0.05) is 34.4 Å². The number of alkyl halides is 3. The quantitative estimate of drug-likeness (QED) is 0.0111. The van der Waals surface area contributed by atoms with Gasteiger partial charge in [-0.2, -0.15) is 15.5 Å². The van der Waals surface area contributed by atoms with Gasteiger partial charge in [0.15, 0.2) is 17.8 Å². The molecule has 10 rings (SSSR count). The molecule has 0 fully saturated rings. The molecule has 0 saturated carbocycles. The summed E-state index contributed by atoms with van der Waals surface area (Å²) in [6, 6.07) is 37.4. The minimum atomic E-state index is -1.02. The Morgan fingerprint density at radius 2 is 1.09 bits per heavy atom. The van der Waals surface area contributed by atoms with Crippen LogP contribution in [0.25, 0.3) is 55.9 Å². The summed E-state index contributed by atoms with van der Waals surface area (Å²) < 4.78 is 62.3. The van der Waals surface area contributed by atoms with E-state index in [-0.39, 0.29) is 142 Å². The monoisotopic (exact) mass is 1440 g/mol. The van der Waals surface area contributed by atoms with Crippen LogP contribution in [0.3, 0.4) is 0 Å². The first-order chi connectivity index (χ1) is 45.3. The number of ether oxygens (including phenoxy) is 2. The Bertz CT molecular complexity index is 4090. The molecule has 6 aromatic carbocycles. The predicted octanol–water partition coefficient (Wildman–Crippen LogP) is 7.88. The van der Waals surface area contributed by atoms with Crippen molar-refractivity contribution < 1.29 is 198 Å². The number of aliphatic hydroxyl groups is 1. The van der Waals surface area contributed by atoms with Gasteiger partial charge < -0.3 is 65.1 Å². The Labute approximate surface area is 652 Å². The topological polar surface area (TPSA) is 381 Å². The third-order valence-electron chi connectivity index (χ3n) is 12.4. The van der Waals surface area contributed by atoms with Crippen molar-refractivity contribution in [2.75, 3.05) is 40.5 Å². The predicted molar refractivity (Wildman–Crippen MR) is 353 cm³/mol. The van der Waals surface area contributed by atoms with Crippen LogP contribution in [0.1, 0.15) is 116 Å². The van der Waals surface area contributed by atoms with Crippen molar-refractivity contribution in [1.82, 2.24) is 10.1 Å². The largest absolute Gasteiger partial charge is 1.00 e. The SMILES string of the molecule is C.CCO.COC(=O)c1ccc(-c2nc(-c3cc4c(C)ccc(C)c4o3)no2)cc1.COC(=O)c1ccc(C(=O)O)cc1.Cc1ccc(C)c(C=O)c1O.Cc1ccc(C)c2oc(/C(N)=N/O)cc12.Cc1ccc(C)c2oc(C#N)cc12.N#CCBr.O=CO[O-].[2H]CF.[2H]CF.[H-].[K+].[K+]. The maximum atomic E-state index is 11.5. The number of halogens is 3. The molecular formula is C68H75BrF2K2N6O17. The van der Waals surface area contributed by atoms with Crippen molar-refractivity contribution in [3.8, 4) is 40.9 Å². The van der Waals surface area contributed by atoms with Gasteiger partial charge in [-0.3, -0.25) is 18.4 Å². The first-order valence-electron chi connectivity index (χ1n) is 28.2. The van der Waals surface area contributed by atoms with E-state index in [9.17, 15) is 33.1 Å². The van der Waals surface area contributed by atoms with Crippen LogP contribution >= 0.6 is 15.9 Å². The zero-order valence-corrected chi connectivity index (χ0v) is 62.3. The minimum Gasteiger partial charge on any atom is -1.00 e. The van der Waals surface area contributed by atoms with Crippen molar-refractivity contribution in [2.45, 2.75) is 69.7 Å². The molecule has 0 spiro atoms. The second-order valence-electron chi connectivity index (χ2n) is 18.5. The summed E-state index contributed by atoms with van der Waals surface area (Å²) in [7, 11) is 0.616. The third-order valence-corrected chi connectivity index (χ3v) is 12.6. The number of aromatic carboxylic acids is 1. The molecule has 0 bridgehead atoms. The molecule has 0 atom stereocenters. The molecule has 4 aromatic heterocycles. The molecule has 0 radical (unpaired) electrons. The van der Waals surface area contributed by atoms with Gasteiger partial charge in [-0.05, 0) is 167 Å². The zero-order chi connectivity index (χ0) is 71.9. The number of carbonyl (C=O) groups excluding carboxylic acids is 4. The second kappa shape index (κ2) is 49.7. The Morgan fingerprint density at radius 3 is 1.46 bits per heavy atom. The first kappa shape index (κ1) is 88.2. The molecular weight excluding hydrogens is 1370 g/mol. The first-order valence-corrected chi connectivity index (χ1v) is 28.0. The summed E-state index contributed by atoms with van der Waals surface area (Å²) in [6.07, 6.45) is 0.678. The zero-order valence-electron chi connectivity index (χ0n) is 57.5. The Morgan fingerprint density at radius 1 is 0.708 bits per heavy atom. The number of nitrogens with zero attached hydrogens (tertiary/aromatic N) is 5. The van der Waals surface area contributed by atoms with E-state index >= 15 is 0 Å². The van der Waals surface area contributed by atoms with E-state index in [0.717, 1.165) is 77.4 Å². The van der Waals surface area contributed by atoms with Crippen molar-refractivity contribution in [3.05, 3.63) is 194 Å². The molecule has 0 amide bonds. The maximum absolute atomic E-state index is 11.5. The van der Waals surface area contributed by atoms with Crippen LogP contribution in [-0.2, 0) is 19.2 Å². The Balaban J connectivity index is -0.000000547. The molecule has 10 aromatic rings. The number of esters is 2. The number of carboxylic acids is 1. The smallest absolute Gasteiger partial charge is 1.00 e. The van der Waals surface area contributed by atoms with Crippen molar-refractivity contribution in [1.29, 1.82) is 10.5 Å².